The zero-order valence-electron chi connectivity index (χ0n) is 22.8. The second-order valence-electron chi connectivity index (χ2n) is 9.66. The van der Waals surface area contributed by atoms with E-state index in [1.807, 2.05) is 53.4 Å². The molecule has 1 unspecified atom stereocenters. The summed E-state index contributed by atoms with van der Waals surface area (Å²) in [4.78, 5) is 41.5. The van der Waals surface area contributed by atoms with Crippen molar-refractivity contribution >= 4 is 41.4 Å². The Labute approximate surface area is 243 Å². The molecule has 9 nitrogen and oxygen atoms in total. The number of hydrogen-bond acceptors (Lipinski definition) is 8. The van der Waals surface area contributed by atoms with Crippen molar-refractivity contribution in [3.63, 3.8) is 0 Å². The fourth-order valence-corrected chi connectivity index (χ4v) is 5.85. The van der Waals surface area contributed by atoms with E-state index in [-0.39, 0.29) is 12.0 Å². The molecule has 41 heavy (non-hydrogen) atoms. The van der Waals surface area contributed by atoms with Crippen LogP contribution >= 0.6 is 11.8 Å². The van der Waals surface area contributed by atoms with Gasteiger partial charge in [0.15, 0.2) is 0 Å². The average molecular weight is 573 g/mol. The maximum Gasteiger partial charge on any atom is 0.337 e. The number of anilines is 1. The largest absolute Gasteiger partial charge is 0.465 e. The molecular weight excluding hydrogens is 540 g/mol. The van der Waals surface area contributed by atoms with Crippen molar-refractivity contribution < 1.29 is 23.9 Å². The van der Waals surface area contributed by atoms with E-state index in [1.165, 1.54) is 7.11 Å². The van der Waals surface area contributed by atoms with Crippen LogP contribution in [0.1, 0.15) is 33.1 Å². The van der Waals surface area contributed by atoms with Crippen molar-refractivity contribution in [2.45, 2.75) is 17.4 Å². The summed E-state index contributed by atoms with van der Waals surface area (Å²) in [5, 5.41) is 4.53. The Hall–Kier alpha value is -4.15. The van der Waals surface area contributed by atoms with E-state index in [9.17, 15) is 14.4 Å². The Bertz CT molecular complexity index is 1410. The third-order valence-electron chi connectivity index (χ3n) is 7.13. The molecule has 0 aliphatic carbocycles. The third-order valence-corrected chi connectivity index (χ3v) is 8.13. The van der Waals surface area contributed by atoms with Crippen molar-refractivity contribution in [3.05, 3.63) is 95.1 Å². The number of hydrogen-bond donors (Lipinski definition) is 1. The van der Waals surface area contributed by atoms with Crippen LogP contribution in [0.5, 0.6) is 0 Å². The summed E-state index contributed by atoms with van der Waals surface area (Å²) >= 11 is 1.71. The third kappa shape index (κ3) is 6.78. The molecule has 0 saturated carbocycles. The van der Waals surface area contributed by atoms with Crippen LogP contribution < -0.4 is 10.3 Å². The lowest BCUT2D eigenvalue weighted by Gasteiger charge is -2.26. The predicted molar refractivity (Wildman–Crippen MR) is 159 cm³/mol. The molecule has 10 heteroatoms. The Morgan fingerprint density at radius 2 is 1.83 bits per heavy atom. The molecule has 0 radical (unpaired) electrons. The smallest absolute Gasteiger partial charge is 0.337 e. The maximum absolute atomic E-state index is 12.7. The number of carbonyl (C=O) groups excluding carboxylic acids is 3. The summed E-state index contributed by atoms with van der Waals surface area (Å²) in [6.45, 7) is 2.45. The molecule has 0 spiro atoms. The summed E-state index contributed by atoms with van der Waals surface area (Å²) in [6.07, 6.45) is 1.77. The van der Waals surface area contributed by atoms with E-state index in [0.717, 1.165) is 45.7 Å². The van der Waals surface area contributed by atoms with Gasteiger partial charge in [0.05, 0.1) is 38.1 Å². The van der Waals surface area contributed by atoms with Gasteiger partial charge in [0.1, 0.15) is 12.3 Å². The summed E-state index contributed by atoms with van der Waals surface area (Å²) in [5.74, 6) is 0.488. The van der Waals surface area contributed by atoms with Crippen molar-refractivity contribution in [1.82, 2.24) is 10.3 Å². The number of rotatable bonds is 9. The first-order valence-corrected chi connectivity index (χ1v) is 14.5. The number of nitrogens with zero attached hydrogens (tertiary/aromatic N) is 3. The number of amides is 2. The highest BCUT2D eigenvalue weighted by molar-refractivity contribution is 7.99. The lowest BCUT2D eigenvalue weighted by atomic mass is 10.1. The fraction of sp³-hybridized carbons (Fsp3) is 0.290. The molecule has 2 aliphatic rings. The molecule has 1 N–H and O–H groups in total. The second kappa shape index (κ2) is 13.5. The van der Waals surface area contributed by atoms with Crippen molar-refractivity contribution in [3.8, 4) is 0 Å². The monoisotopic (exact) mass is 572 g/mol. The first kappa shape index (κ1) is 28.4. The van der Waals surface area contributed by atoms with Gasteiger partial charge in [0, 0.05) is 35.0 Å². The highest BCUT2D eigenvalue weighted by Crippen LogP contribution is 2.37. The Balaban J connectivity index is 1.34. The summed E-state index contributed by atoms with van der Waals surface area (Å²) in [6, 6.07) is 22.5. The van der Waals surface area contributed by atoms with Crippen LogP contribution in [-0.4, -0.2) is 74.6 Å². The highest BCUT2D eigenvalue weighted by atomic mass is 32.2. The molecule has 3 aromatic rings. The van der Waals surface area contributed by atoms with Gasteiger partial charge in [-0.3, -0.25) is 0 Å². The van der Waals surface area contributed by atoms with E-state index in [0.29, 0.717) is 44.1 Å². The van der Waals surface area contributed by atoms with Crippen LogP contribution in [0.25, 0.3) is 0 Å². The van der Waals surface area contributed by atoms with Crippen LogP contribution in [0.4, 0.5) is 10.5 Å². The van der Waals surface area contributed by atoms with E-state index < -0.39 is 6.04 Å². The minimum absolute atomic E-state index is 0.264. The Morgan fingerprint density at radius 1 is 1.07 bits per heavy atom. The van der Waals surface area contributed by atoms with Gasteiger partial charge in [-0.2, -0.15) is 5.10 Å². The van der Waals surface area contributed by atoms with Gasteiger partial charge in [-0.05, 0) is 47.9 Å². The minimum atomic E-state index is -0.482. The zero-order valence-corrected chi connectivity index (χ0v) is 23.6. The molecule has 5 rings (SSSR count). The number of benzene rings is 3. The normalized spacial score (nSPS) is 16.3. The standard InChI is InChI=1S/C31H32N4O5S/c1-39-30(37)24-9-7-22(8-10-24)13-18-41-25-11-12-28-26(19-25)27(32-33-31(38)34-14-16-40-17-15-34)20-35(28)29(21-36)23-5-3-2-4-6-23/h2-12,19,21,29H,13-18,20H2,1H3,(H,33,38). The molecule has 3 aromatic carbocycles. The lowest BCUT2D eigenvalue weighted by molar-refractivity contribution is -0.109. The number of hydrazone groups is 1. The quantitative estimate of drug-likeness (QED) is 0.177. The van der Waals surface area contributed by atoms with Gasteiger partial charge in [-0.15, -0.1) is 11.8 Å². The Morgan fingerprint density at radius 3 is 2.54 bits per heavy atom. The minimum Gasteiger partial charge on any atom is -0.465 e. The Kier molecular flexibility index (Phi) is 9.33. The molecule has 1 fully saturated rings. The van der Waals surface area contributed by atoms with Gasteiger partial charge in [0.2, 0.25) is 0 Å². The predicted octanol–water partition coefficient (Wildman–Crippen LogP) is 4.31. The van der Waals surface area contributed by atoms with Crippen LogP contribution in [-0.2, 0) is 20.7 Å². The maximum atomic E-state index is 12.7. The summed E-state index contributed by atoms with van der Waals surface area (Å²) in [7, 11) is 1.37. The van der Waals surface area contributed by atoms with Gasteiger partial charge in [-0.1, -0.05) is 42.5 Å². The average Bonchev–Trinajstić information content (AvgIpc) is 3.38. The molecule has 1 saturated heterocycles. The number of nitrogens with one attached hydrogen (secondary N) is 1. The SMILES string of the molecule is COC(=O)c1ccc(CCSc2ccc3c(c2)C(=NNC(=O)N2CCOCC2)CN3C(C=O)c2ccccc2)cc1. The van der Waals surface area contributed by atoms with E-state index >= 15 is 0 Å². The number of morpholine rings is 1. The van der Waals surface area contributed by atoms with E-state index in [4.69, 9.17) is 9.47 Å². The molecule has 2 aliphatic heterocycles. The number of methoxy groups -OCH3 is 1. The highest BCUT2D eigenvalue weighted by Gasteiger charge is 2.32. The van der Waals surface area contributed by atoms with Gasteiger partial charge < -0.3 is 24.1 Å². The number of thioether (sulfide) groups is 1. The first-order valence-electron chi connectivity index (χ1n) is 13.5. The van der Waals surface area contributed by atoms with Crippen LogP contribution in [0, 0.1) is 0 Å². The molecule has 212 valence electrons. The second-order valence-corrected chi connectivity index (χ2v) is 10.8. The van der Waals surface area contributed by atoms with Gasteiger partial charge in [0.25, 0.3) is 0 Å². The van der Waals surface area contributed by atoms with Crippen molar-refractivity contribution in [2.75, 3.05) is 50.6 Å². The molecule has 1 atom stereocenters. The number of aldehydes is 1. The number of fused-ring (bicyclic) bond motifs is 1. The molecule has 2 heterocycles. The van der Waals surface area contributed by atoms with Gasteiger partial charge in [-0.25, -0.2) is 15.0 Å². The number of esters is 1. The first-order chi connectivity index (χ1) is 20.1. The number of aryl methyl sites for hydroxylation is 1. The number of ether oxygens (including phenoxy) is 2. The summed E-state index contributed by atoms with van der Waals surface area (Å²) in [5.41, 5.74) is 7.76. The molecule has 2 amide bonds. The molecule has 0 aromatic heterocycles. The van der Waals surface area contributed by atoms with E-state index in [2.05, 4.69) is 22.7 Å². The summed E-state index contributed by atoms with van der Waals surface area (Å²) < 4.78 is 10.1. The zero-order chi connectivity index (χ0) is 28.6. The van der Waals surface area contributed by atoms with Crippen molar-refractivity contribution in [2.24, 2.45) is 5.10 Å². The topological polar surface area (TPSA) is 101 Å². The lowest BCUT2D eigenvalue weighted by Crippen LogP contribution is -2.45. The van der Waals surface area contributed by atoms with Crippen LogP contribution in [0.2, 0.25) is 0 Å². The van der Waals surface area contributed by atoms with Gasteiger partial charge >= 0.3 is 12.0 Å². The van der Waals surface area contributed by atoms with Crippen LogP contribution in [0.15, 0.2) is 82.8 Å². The number of carbonyl (C=O) groups is 3. The van der Waals surface area contributed by atoms with E-state index in [1.54, 1.807) is 28.8 Å². The van der Waals surface area contributed by atoms with Crippen LogP contribution in [0.3, 0.4) is 0 Å². The fourth-order valence-electron chi connectivity index (χ4n) is 4.91. The molecular formula is C31H32N4O5S. The number of urea groups is 1. The molecule has 0 bridgehead atoms. The van der Waals surface area contributed by atoms with Crippen molar-refractivity contribution in [1.29, 1.82) is 0 Å².